The molecule has 8 heteroatoms. The molecule has 1 spiro atoms. The van der Waals surface area contributed by atoms with Crippen LogP contribution in [0.25, 0.3) is 0 Å². The Kier molecular flexibility index (Phi) is 7.68. The Labute approximate surface area is 215 Å². The van der Waals surface area contributed by atoms with Crippen LogP contribution in [-0.4, -0.2) is 93.6 Å². The van der Waals surface area contributed by atoms with E-state index in [0.29, 0.717) is 32.4 Å². The van der Waals surface area contributed by atoms with Gasteiger partial charge in [-0.15, -0.1) is 13.2 Å². The molecule has 4 fully saturated rings. The van der Waals surface area contributed by atoms with Crippen molar-refractivity contribution in [2.75, 3.05) is 26.7 Å². The van der Waals surface area contributed by atoms with E-state index in [9.17, 15) is 19.5 Å². The number of likely N-dealkylation sites (N-methyl/N-ethyl adjacent to an activating group) is 1. The molecule has 3 saturated heterocycles. The minimum atomic E-state index is -1.07. The Bertz CT molecular complexity index is 902. The monoisotopic (exact) mass is 501 g/mol. The van der Waals surface area contributed by atoms with E-state index in [1.165, 1.54) is 6.42 Å². The summed E-state index contributed by atoms with van der Waals surface area (Å²) >= 11 is 0. The van der Waals surface area contributed by atoms with Crippen molar-refractivity contribution in [1.29, 1.82) is 0 Å². The van der Waals surface area contributed by atoms with Gasteiger partial charge in [0, 0.05) is 26.2 Å². The third kappa shape index (κ3) is 3.92. The Hall–Kier alpha value is -2.19. The molecule has 36 heavy (non-hydrogen) atoms. The molecular formula is C28H43N3O5. The summed E-state index contributed by atoms with van der Waals surface area (Å²) in [5, 5.41) is 10.1. The second-order valence-corrected chi connectivity index (χ2v) is 11.2. The lowest BCUT2D eigenvalue weighted by Gasteiger charge is -2.42. The Balaban J connectivity index is 1.80. The molecule has 1 aliphatic carbocycles. The van der Waals surface area contributed by atoms with E-state index < -0.39 is 35.1 Å². The van der Waals surface area contributed by atoms with Crippen molar-refractivity contribution >= 4 is 17.7 Å². The summed E-state index contributed by atoms with van der Waals surface area (Å²) in [5.74, 6) is -1.94. The maximum atomic E-state index is 14.5. The first kappa shape index (κ1) is 26.9. The standard InChI is InChI=1S/C28H43N3O5/c1-6-16-29(5)24(33)21-22-25(34)31(19(4)18-32)23(28(22)15-14-27(21,8-3)36-28)26(35)30(17-7-2)20-12-10-9-11-13-20/h6-7,19-23,32H,1-2,8-18H2,3-5H3/t19-,21-,22+,23?,27+,28?/m1/s1. The lowest BCUT2D eigenvalue weighted by molar-refractivity contribution is -0.158. The minimum absolute atomic E-state index is 0.0935. The number of likely N-dealkylation sites (tertiary alicyclic amines) is 1. The van der Waals surface area contributed by atoms with E-state index in [0.717, 1.165) is 25.7 Å². The average molecular weight is 502 g/mol. The Morgan fingerprint density at radius 2 is 1.83 bits per heavy atom. The van der Waals surface area contributed by atoms with E-state index in [1.54, 1.807) is 35.9 Å². The van der Waals surface area contributed by atoms with Crippen molar-refractivity contribution in [3.63, 3.8) is 0 Å². The highest BCUT2D eigenvalue weighted by molar-refractivity contribution is 5.99. The zero-order chi connectivity index (χ0) is 26.3. The van der Waals surface area contributed by atoms with E-state index >= 15 is 0 Å². The molecule has 2 bridgehead atoms. The Morgan fingerprint density at radius 1 is 1.17 bits per heavy atom. The molecular weight excluding hydrogens is 458 g/mol. The fourth-order valence-corrected chi connectivity index (χ4v) is 7.50. The highest BCUT2D eigenvalue weighted by Gasteiger charge is 2.79. The van der Waals surface area contributed by atoms with Gasteiger partial charge in [-0.1, -0.05) is 38.3 Å². The van der Waals surface area contributed by atoms with Crippen LogP contribution in [0.3, 0.4) is 0 Å². The quantitative estimate of drug-likeness (QED) is 0.465. The first-order chi connectivity index (χ1) is 17.2. The van der Waals surface area contributed by atoms with Crippen molar-refractivity contribution in [3.05, 3.63) is 25.3 Å². The van der Waals surface area contributed by atoms with Gasteiger partial charge >= 0.3 is 0 Å². The normalized spacial score (nSPS) is 34.4. The van der Waals surface area contributed by atoms with E-state index in [-0.39, 0.29) is 30.4 Å². The van der Waals surface area contributed by atoms with Gasteiger partial charge in [0.05, 0.1) is 30.1 Å². The molecule has 200 valence electrons. The minimum Gasteiger partial charge on any atom is -0.394 e. The predicted molar refractivity (Wildman–Crippen MR) is 137 cm³/mol. The van der Waals surface area contributed by atoms with E-state index in [2.05, 4.69) is 13.2 Å². The SMILES string of the molecule is C=CCN(C)C(=O)[C@H]1[C@H]2C(=O)N([C@H](C)CO)C(C(=O)N(CC=C)C3CCCCC3)C23CC[C@]1(CC)O3. The van der Waals surface area contributed by atoms with Gasteiger partial charge in [-0.25, -0.2) is 0 Å². The second kappa shape index (κ2) is 10.3. The largest absolute Gasteiger partial charge is 0.394 e. The van der Waals surface area contributed by atoms with Gasteiger partial charge in [0.2, 0.25) is 17.7 Å². The molecule has 3 heterocycles. The molecule has 8 nitrogen and oxygen atoms in total. The van der Waals surface area contributed by atoms with Gasteiger partial charge in [-0.2, -0.15) is 0 Å². The van der Waals surface area contributed by atoms with Crippen molar-refractivity contribution in [2.45, 2.75) is 94.5 Å². The predicted octanol–water partition coefficient (Wildman–Crippen LogP) is 2.51. The highest BCUT2D eigenvalue weighted by atomic mass is 16.5. The summed E-state index contributed by atoms with van der Waals surface area (Å²) in [5.41, 5.74) is -1.84. The van der Waals surface area contributed by atoms with E-state index in [4.69, 9.17) is 4.74 Å². The van der Waals surface area contributed by atoms with Crippen LogP contribution in [0.4, 0.5) is 0 Å². The smallest absolute Gasteiger partial charge is 0.248 e. The zero-order valence-corrected chi connectivity index (χ0v) is 22.2. The number of hydrogen-bond acceptors (Lipinski definition) is 5. The van der Waals surface area contributed by atoms with Gasteiger partial charge in [0.15, 0.2) is 0 Å². The van der Waals surface area contributed by atoms with Crippen LogP contribution in [0.1, 0.15) is 65.2 Å². The number of rotatable bonds is 10. The summed E-state index contributed by atoms with van der Waals surface area (Å²) in [6.45, 7) is 11.9. The van der Waals surface area contributed by atoms with Crippen molar-refractivity contribution in [3.8, 4) is 0 Å². The molecule has 1 N–H and O–H groups in total. The topological polar surface area (TPSA) is 90.4 Å². The molecule has 1 saturated carbocycles. The van der Waals surface area contributed by atoms with Gasteiger partial charge in [-0.3, -0.25) is 14.4 Å². The number of ether oxygens (including phenoxy) is 1. The van der Waals surface area contributed by atoms with Crippen LogP contribution in [-0.2, 0) is 19.1 Å². The number of aliphatic hydroxyl groups is 1. The molecule has 2 unspecified atom stereocenters. The molecule has 0 aromatic heterocycles. The van der Waals surface area contributed by atoms with E-state index in [1.807, 2.05) is 11.8 Å². The molecule has 4 aliphatic rings. The van der Waals surface area contributed by atoms with Gasteiger partial charge in [-0.05, 0) is 39.0 Å². The maximum absolute atomic E-state index is 14.5. The summed E-state index contributed by atoms with van der Waals surface area (Å²) in [6.07, 6.45) is 10.3. The number of carbonyl (C=O) groups is 3. The van der Waals surface area contributed by atoms with Gasteiger partial charge in [0.25, 0.3) is 0 Å². The Morgan fingerprint density at radius 3 is 2.42 bits per heavy atom. The lowest BCUT2D eigenvalue weighted by atomic mass is 9.64. The summed E-state index contributed by atoms with van der Waals surface area (Å²) in [4.78, 5) is 47.4. The van der Waals surface area contributed by atoms with Crippen molar-refractivity contribution in [2.24, 2.45) is 11.8 Å². The van der Waals surface area contributed by atoms with Crippen LogP contribution < -0.4 is 0 Å². The molecule has 3 amide bonds. The number of nitrogens with zero attached hydrogens (tertiary/aromatic N) is 3. The number of carbonyl (C=O) groups excluding carboxylic acids is 3. The van der Waals surface area contributed by atoms with Gasteiger partial charge in [0.1, 0.15) is 11.6 Å². The second-order valence-electron chi connectivity index (χ2n) is 11.2. The van der Waals surface area contributed by atoms with Crippen LogP contribution in [0, 0.1) is 11.8 Å². The number of amides is 3. The molecule has 4 rings (SSSR count). The van der Waals surface area contributed by atoms with Crippen molar-refractivity contribution in [1.82, 2.24) is 14.7 Å². The van der Waals surface area contributed by atoms with Crippen LogP contribution in [0.2, 0.25) is 0 Å². The lowest BCUT2D eigenvalue weighted by Crippen LogP contribution is -2.60. The van der Waals surface area contributed by atoms with Crippen LogP contribution in [0.15, 0.2) is 25.3 Å². The van der Waals surface area contributed by atoms with Gasteiger partial charge < -0.3 is 24.5 Å². The maximum Gasteiger partial charge on any atom is 0.248 e. The zero-order valence-electron chi connectivity index (χ0n) is 22.2. The molecule has 0 aromatic carbocycles. The average Bonchev–Trinajstić information content (AvgIpc) is 3.50. The van der Waals surface area contributed by atoms with Crippen molar-refractivity contribution < 1.29 is 24.2 Å². The summed E-state index contributed by atoms with van der Waals surface area (Å²) in [6, 6.07) is -1.34. The first-order valence-electron chi connectivity index (χ1n) is 13.6. The number of fused-ring (bicyclic) bond motifs is 1. The first-order valence-corrected chi connectivity index (χ1v) is 13.6. The van der Waals surface area contributed by atoms with Crippen LogP contribution in [0.5, 0.6) is 0 Å². The highest BCUT2D eigenvalue weighted by Crippen LogP contribution is 2.65. The molecule has 0 aromatic rings. The van der Waals surface area contributed by atoms with Crippen LogP contribution >= 0.6 is 0 Å². The third-order valence-electron chi connectivity index (χ3n) is 9.26. The number of aliphatic hydroxyl groups excluding tert-OH is 1. The molecule has 3 aliphatic heterocycles. The summed E-state index contributed by atoms with van der Waals surface area (Å²) < 4.78 is 6.84. The number of hydrogen-bond donors (Lipinski definition) is 1. The fraction of sp³-hybridized carbons (Fsp3) is 0.750. The molecule has 6 atom stereocenters. The third-order valence-corrected chi connectivity index (χ3v) is 9.26. The molecule has 0 radical (unpaired) electrons. The summed E-state index contributed by atoms with van der Waals surface area (Å²) in [7, 11) is 1.72. The fourth-order valence-electron chi connectivity index (χ4n) is 7.50.